The molecule has 6 heteroatoms. The molecule has 3 heterocycles. The Balaban J connectivity index is 1.98. The second-order valence-electron chi connectivity index (χ2n) is 4.64. The minimum atomic E-state index is -0.728. The zero-order valence-corrected chi connectivity index (χ0v) is 10.1. The van der Waals surface area contributed by atoms with Crippen molar-refractivity contribution in [2.45, 2.75) is 13.3 Å². The van der Waals surface area contributed by atoms with Crippen molar-refractivity contribution in [3.63, 3.8) is 0 Å². The molecule has 1 fully saturated rings. The van der Waals surface area contributed by atoms with E-state index >= 15 is 0 Å². The third kappa shape index (κ3) is 1.70. The molecule has 0 unspecified atom stereocenters. The summed E-state index contributed by atoms with van der Waals surface area (Å²) in [7, 11) is 0. The smallest absolute Gasteiger partial charge is 0.308 e. The van der Waals surface area contributed by atoms with Gasteiger partial charge < -0.3 is 10.0 Å². The summed E-state index contributed by atoms with van der Waals surface area (Å²) in [6.45, 7) is 3.18. The van der Waals surface area contributed by atoms with Gasteiger partial charge in [0.2, 0.25) is 0 Å². The van der Waals surface area contributed by atoms with E-state index < -0.39 is 5.97 Å². The molecule has 6 nitrogen and oxygen atoms in total. The van der Waals surface area contributed by atoms with Crippen LogP contribution in [0.5, 0.6) is 0 Å². The molecule has 1 atom stereocenters. The van der Waals surface area contributed by atoms with Crippen LogP contribution in [-0.2, 0) is 4.79 Å². The van der Waals surface area contributed by atoms with E-state index in [0.717, 1.165) is 23.6 Å². The molecule has 2 aromatic heterocycles. The van der Waals surface area contributed by atoms with Crippen LogP contribution in [0.4, 0.5) is 5.82 Å². The van der Waals surface area contributed by atoms with Crippen molar-refractivity contribution >= 4 is 17.3 Å². The van der Waals surface area contributed by atoms with Gasteiger partial charge in [-0.15, -0.1) is 0 Å². The Morgan fingerprint density at radius 1 is 1.56 bits per heavy atom. The lowest BCUT2D eigenvalue weighted by Crippen LogP contribution is -2.24. The van der Waals surface area contributed by atoms with Crippen molar-refractivity contribution in [2.24, 2.45) is 5.92 Å². The Morgan fingerprint density at radius 2 is 2.39 bits per heavy atom. The average Bonchev–Trinajstić information content (AvgIpc) is 2.92. The topological polar surface area (TPSA) is 70.7 Å². The summed E-state index contributed by atoms with van der Waals surface area (Å²) >= 11 is 0. The van der Waals surface area contributed by atoms with E-state index in [1.165, 1.54) is 0 Å². The number of carboxylic acids is 1. The van der Waals surface area contributed by atoms with Crippen LogP contribution in [-0.4, -0.2) is 38.8 Å². The summed E-state index contributed by atoms with van der Waals surface area (Å²) in [4.78, 5) is 17.4. The lowest BCUT2D eigenvalue weighted by molar-refractivity contribution is -0.140. The normalized spacial score (nSPS) is 19.6. The summed E-state index contributed by atoms with van der Waals surface area (Å²) in [5.74, 6) is -0.202. The fraction of sp³-hybridized carbons (Fsp3) is 0.417. The van der Waals surface area contributed by atoms with Gasteiger partial charge in [0.05, 0.1) is 11.6 Å². The largest absolute Gasteiger partial charge is 0.481 e. The fourth-order valence-electron chi connectivity index (χ4n) is 2.43. The van der Waals surface area contributed by atoms with Crippen LogP contribution < -0.4 is 4.90 Å². The molecule has 0 spiro atoms. The molecule has 0 bridgehead atoms. The molecule has 0 saturated carbocycles. The number of carbonyl (C=O) groups is 1. The van der Waals surface area contributed by atoms with Gasteiger partial charge in [0.1, 0.15) is 5.52 Å². The Morgan fingerprint density at radius 3 is 3.11 bits per heavy atom. The molecule has 18 heavy (non-hydrogen) atoms. The highest BCUT2D eigenvalue weighted by atomic mass is 16.4. The van der Waals surface area contributed by atoms with Crippen LogP contribution >= 0.6 is 0 Å². The Labute approximate surface area is 104 Å². The molecule has 1 aliphatic rings. The van der Waals surface area contributed by atoms with Gasteiger partial charge in [-0.1, -0.05) is 0 Å². The second kappa shape index (κ2) is 3.97. The monoisotopic (exact) mass is 246 g/mol. The molecule has 0 aromatic carbocycles. The molecule has 0 amide bonds. The van der Waals surface area contributed by atoms with Gasteiger partial charge in [0.15, 0.2) is 5.82 Å². The van der Waals surface area contributed by atoms with E-state index in [4.69, 9.17) is 5.11 Å². The van der Waals surface area contributed by atoms with Gasteiger partial charge in [0, 0.05) is 25.5 Å². The lowest BCUT2D eigenvalue weighted by Gasteiger charge is -2.17. The Hall–Kier alpha value is -2.11. The van der Waals surface area contributed by atoms with Crippen LogP contribution in [0, 0.1) is 12.8 Å². The quantitative estimate of drug-likeness (QED) is 0.854. The van der Waals surface area contributed by atoms with Gasteiger partial charge in [-0.3, -0.25) is 4.79 Å². The molecule has 0 radical (unpaired) electrons. The predicted octanol–water partition coefficient (Wildman–Crippen LogP) is 0.949. The number of aromatic nitrogens is 3. The number of rotatable bonds is 2. The highest BCUT2D eigenvalue weighted by Crippen LogP contribution is 2.26. The molecule has 1 N–H and O–H groups in total. The van der Waals surface area contributed by atoms with Crippen molar-refractivity contribution in [1.82, 2.24) is 14.6 Å². The van der Waals surface area contributed by atoms with E-state index in [-0.39, 0.29) is 5.92 Å². The maximum atomic E-state index is 11.0. The van der Waals surface area contributed by atoms with Gasteiger partial charge in [-0.05, 0) is 19.4 Å². The van der Waals surface area contributed by atoms with Gasteiger partial charge in [0.25, 0.3) is 0 Å². The Kier molecular flexibility index (Phi) is 2.43. The average molecular weight is 246 g/mol. The number of nitrogens with zero attached hydrogens (tertiary/aromatic N) is 4. The highest BCUT2D eigenvalue weighted by Gasteiger charge is 2.29. The molecule has 2 aromatic rings. The minimum absolute atomic E-state index is 0.295. The third-order valence-electron chi connectivity index (χ3n) is 3.33. The van der Waals surface area contributed by atoms with E-state index in [1.807, 2.05) is 17.9 Å². The maximum Gasteiger partial charge on any atom is 0.308 e. The number of anilines is 1. The number of aliphatic carboxylic acids is 1. The van der Waals surface area contributed by atoms with E-state index in [9.17, 15) is 4.79 Å². The van der Waals surface area contributed by atoms with Gasteiger partial charge in [-0.2, -0.15) is 5.10 Å². The lowest BCUT2D eigenvalue weighted by atomic mass is 10.1. The number of fused-ring (bicyclic) bond motifs is 1. The highest BCUT2D eigenvalue weighted by molar-refractivity contribution is 5.74. The van der Waals surface area contributed by atoms with E-state index in [1.54, 1.807) is 16.9 Å². The summed E-state index contributed by atoms with van der Waals surface area (Å²) < 4.78 is 1.78. The first-order chi connectivity index (χ1) is 8.65. The molecule has 3 rings (SSSR count). The minimum Gasteiger partial charge on any atom is -0.481 e. The molecule has 1 saturated heterocycles. The second-order valence-corrected chi connectivity index (χ2v) is 4.64. The Bertz CT molecular complexity index is 607. The zero-order valence-electron chi connectivity index (χ0n) is 10.1. The van der Waals surface area contributed by atoms with Crippen molar-refractivity contribution in [3.8, 4) is 0 Å². The first kappa shape index (κ1) is 11.0. The van der Waals surface area contributed by atoms with Crippen molar-refractivity contribution in [3.05, 3.63) is 24.2 Å². The third-order valence-corrected chi connectivity index (χ3v) is 3.33. The summed E-state index contributed by atoms with van der Waals surface area (Å²) in [6, 6.07) is 1.97. The molecule has 1 aliphatic heterocycles. The fourth-order valence-corrected chi connectivity index (χ4v) is 2.43. The first-order valence-electron chi connectivity index (χ1n) is 5.94. The molecule has 0 aliphatic carbocycles. The zero-order chi connectivity index (χ0) is 12.7. The summed E-state index contributed by atoms with van der Waals surface area (Å²) in [5.41, 5.74) is 1.86. The number of carboxylic acid groups (broad SMARTS) is 1. The summed E-state index contributed by atoms with van der Waals surface area (Å²) in [5, 5.41) is 13.4. The van der Waals surface area contributed by atoms with Crippen molar-refractivity contribution in [2.75, 3.05) is 18.0 Å². The van der Waals surface area contributed by atoms with E-state index in [0.29, 0.717) is 13.0 Å². The van der Waals surface area contributed by atoms with Gasteiger partial charge >= 0.3 is 5.97 Å². The van der Waals surface area contributed by atoms with Crippen LogP contribution in [0.25, 0.3) is 5.52 Å². The number of aryl methyl sites for hydroxylation is 1. The number of hydrogen-bond donors (Lipinski definition) is 1. The van der Waals surface area contributed by atoms with Crippen LogP contribution in [0.15, 0.2) is 18.5 Å². The van der Waals surface area contributed by atoms with Crippen molar-refractivity contribution < 1.29 is 9.90 Å². The van der Waals surface area contributed by atoms with Crippen LogP contribution in [0.1, 0.15) is 12.1 Å². The standard InChI is InChI=1S/C12H14N4O2/c1-8-6-10-11(13-3-5-16(10)14-8)15-4-2-9(7-15)12(17)18/h3,5-6,9H,2,4,7H2,1H3,(H,17,18)/t9-/m0/s1. The van der Waals surface area contributed by atoms with Crippen LogP contribution in [0.3, 0.4) is 0 Å². The summed E-state index contributed by atoms with van der Waals surface area (Å²) in [6.07, 6.45) is 4.17. The number of hydrogen-bond acceptors (Lipinski definition) is 4. The maximum absolute atomic E-state index is 11.0. The first-order valence-corrected chi connectivity index (χ1v) is 5.94. The SMILES string of the molecule is Cc1cc2c(N3CC[C@H](C(=O)O)C3)nccn2n1. The predicted molar refractivity (Wildman–Crippen MR) is 65.7 cm³/mol. The molecular formula is C12H14N4O2. The van der Waals surface area contributed by atoms with Crippen LogP contribution in [0.2, 0.25) is 0 Å². The van der Waals surface area contributed by atoms with E-state index in [2.05, 4.69) is 10.1 Å². The molecule has 94 valence electrons. The van der Waals surface area contributed by atoms with Gasteiger partial charge in [-0.25, -0.2) is 9.50 Å². The van der Waals surface area contributed by atoms with Crippen molar-refractivity contribution in [1.29, 1.82) is 0 Å². The molecular weight excluding hydrogens is 232 g/mol.